The van der Waals surface area contributed by atoms with Gasteiger partial charge in [0, 0.05) is 17.5 Å². The van der Waals surface area contributed by atoms with Gasteiger partial charge in [0.15, 0.2) is 0 Å². The highest BCUT2D eigenvalue weighted by Crippen LogP contribution is 2.27. The van der Waals surface area contributed by atoms with Crippen LogP contribution in [0, 0.1) is 5.82 Å². The molecule has 1 aliphatic heterocycles. The van der Waals surface area contributed by atoms with E-state index in [0.717, 1.165) is 18.2 Å². The van der Waals surface area contributed by atoms with Crippen molar-refractivity contribution in [2.75, 3.05) is 23.3 Å². The van der Waals surface area contributed by atoms with Gasteiger partial charge in [-0.3, -0.25) is 0 Å². The molecule has 1 atom stereocenters. The predicted molar refractivity (Wildman–Crippen MR) is 71.7 cm³/mol. The number of hydrogen-bond acceptors (Lipinski definition) is 4. The number of nitrogen functional groups attached to an aromatic ring is 1. The topological polar surface area (TPSA) is 75.3 Å². The Hall–Kier alpha value is -1.43. The highest BCUT2D eigenvalue weighted by atomic mass is 32.2. The van der Waals surface area contributed by atoms with Crippen LogP contribution in [0.5, 0.6) is 0 Å². The van der Waals surface area contributed by atoms with Crippen molar-refractivity contribution >= 4 is 29.1 Å². The smallest absolute Gasteiger partial charge is 0.337 e. The van der Waals surface area contributed by atoms with E-state index in [9.17, 15) is 9.18 Å². The zero-order valence-corrected chi connectivity index (χ0v) is 10.6. The molecule has 0 amide bonds. The SMILES string of the molecule is Nc1cc(F)c(NCC2CCCS2)cc1C(=O)O. The molecule has 0 aromatic heterocycles. The molecule has 0 radical (unpaired) electrons. The van der Waals surface area contributed by atoms with Gasteiger partial charge in [0.05, 0.1) is 11.3 Å². The molecule has 98 valence electrons. The lowest BCUT2D eigenvalue weighted by Gasteiger charge is -2.13. The highest BCUT2D eigenvalue weighted by molar-refractivity contribution is 8.00. The Labute approximate surface area is 109 Å². The Morgan fingerprint density at radius 2 is 2.39 bits per heavy atom. The first-order chi connectivity index (χ1) is 8.58. The average molecular weight is 270 g/mol. The number of hydrogen-bond donors (Lipinski definition) is 3. The minimum atomic E-state index is -1.15. The van der Waals surface area contributed by atoms with Crippen LogP contribution in [0.4, 0.5) is 15.8 Å². The summed E-state index contributed by atoms with van der Waals surface area (Å²) in [4.78, 5) is 10.9. The minimum Gasteiger partial charge on any atom is -0.478 e. The molecule has 1 fully saturated rings. The second-order valence-corrected chi connectivity index (χ2v) is 5.65. The maximum absolute atomic E-state index is 13.6. The van der Waals surface area contributed by atoms with Gasteiger partial charge in [-0.15, -0.1) is 0 Å². The molecule has 0 aliphatic carbocycles. The lowest BCUT2D eigenvalue weighted by Crippen LogP contribution is -2.15. The van der Waals surface area contributed by atoms with E-state index >= 15 is 0 Å². The molecule has 6 heteroatoms. The van der Waals surface area contributed by atoms with E-state index in [4.69, 9.17) is 10.8 Å². The maximum Gasteiger partial charge on any atom is 0.337 e. The molecule has 0 spiro atoms. The molecule has 1 aromatic carbocycles. The van der Waals surface area contributed by atoms with Crippen molar-refractivity contribution in [1.29, 1.82) is 0 Å². The van der Waals surface area contributed by atoms with Crippen LogP contribution < -0.4 is 11.1 Å². The lowest BCUT2D eigenvalue weighted by molar-refractivity contribution is 0.0698. The third kappa shape index (κ3) is 2.87. The monoisotopic (exact) mass is 270 g/mol. The largest absolute Gasteiger partial charge is 0.478 e. The number of benzene rings is 1. The molecule has 0 bridgehead atoms. The first-order valence-electron chi connectivity index (χ1n) is 5.75. The zero-order valence-electron chi connectivity index (χ0n) is 9.78. The van der Waals surface area contributed by atoms with Gasteiger partial charge < -0.3 is 16.2 Å². The summed E-state index contributed by atoms with van der Waals surface area (Å²) < 4.78 is 13.6. The van der Waals surface area contributed by atoms with Gasteiger partial charge in [0.25, 0.3) is 0 Å². The van der Waals surface area contributed by atoms with Crippen molar-refractivity contribution in [2.45, 2.75) is 18.1 Å². The van der Waals surface area contributed by atoms with Crippen molar-refractivity contribution in [3.05, 3.63) is 23.5 Å². The molecule has 4 nitrogen and oxygen atoms in total. The first kappa shape index (κ1) is 13.0. The molecule has 1 aromatic rings. The number of halogens is 1. The predicted octanol–water partition coefficient (Wildman–Crippen LogP) is 2.41. The molecule has 1 heterocycles. The van der Waals surface area contributed by atoms with Gasteiger partial charge >= 0.3 is 5.97 Å². The fourth-order valence-electron chi connectivity index (χ4n) is 1.94. The number of aromatic carboxylic acids is 1. The van der Waals surface area contributed by atoms with Crippen molar-refractivity contribution in [3.63, 3.8) is 0 Å². The van der Waals surface area contributed by atoms with Gasteiger partial charge in [0.1, 0.15) is 5.82 Å². The summed E-state index contributed by atoms with van der Waals surface area (Å²) in [6.45, 7) is 0.643. The van der Waals surface area contributed by atoms with E-state index in [1.807, 2.05) is 11.8 Å². The fourth-order valence-corrected chi connectivity index (χ4v) is 3.14. The van der Waals surface area contributed by atoms with Gasteiger partial charge in [-0.2, -0.15) is 11.8 Å². The number of anilines is 2. The zero-order chi connectivity index (χ0) is 13.1. The van der Waals surface area contributed by atoms with Crippen LogP contribution in [-0.2, 0) is 0 Å². The Morgan fingerprint density at radius 3 is 3.00 bits per heavy atom. The Kier molecular flexibility index (Phi) is 3.96. The Bertz CT molecular complexity index is 462. The molecule has 1 aliphatic rings. The van der Waals surface area contributed by atoms with E-state index in [2.05, 4.69) is 5.32 Å². The van der Waals surface area contributed by atoms with E-state index < -0.39 is 11.8 Å². The van der Waals surface area contributed by atoms with Gasteiger partial charge in [-0.25, -0.2) is 9.18 Å². The van der Waals surface area contributed by atoms with Crippen LogP contribution in [0.3, 0.4) is 0 Å². The Morgan fingerprint density at radius 1 is 1.61 bits per heavy atom. The third-order valence-electron chi connectivity index (χ3n) is 2.91. The fraction of sp³-hybridized carbons (Fsp3) is 0.417. The lowest BCUT2D eigenvalue weighted by atomic mass is 10.1. The summed E-state index contributed by atoms with van der Waals surface area (Å²) in [6.07, 6.45) is 2.29. The van der Waals surface area contributed by atoms with E-state index in [0.29, 0.717) is 11.8 Å². The number of carboxylic acids is 1. The molecular weight excluding hydrogens is 255 g/mol. The van der Waals surface area contributed by atoms with Crippen LogP contribution in [0.15, 0.2) is 12.1 Å². The summed E-state index contributed by atoms with van der Waals surface area (Å²) in [5, 5.41) is 12.4. The van der Waals surface area contributed by atoms with Gasteiger partial charge in [-0.05, 0) is 30.7 Å². The van der Waals surface area contributed by atoms with Gasteiger partial charge in [0.2, 0.25) is 0 Å². The second kappa shape index (κ2) is 5.48. The average Bonchev–Trinajstić information content (AvgIpc) is 2.80. The molecule has 18 heavy (non-hydrogen) atoms. The number of nitrogens with two attached hydrogens (primary N) is 1. The molecule has 0 saturated carbocycles. The van der Waals surface area contributed by atoms with Crippen LogP contribution in [0.25, 0.3) is 0 Å². The second-order valence-electron chi connectivity index (χ2n) is 4.24. The maximum atomic E-state index is 13.6. The summed E-state index contributed by atoms with van der Waals surface area (Å²) in [6, 6.07) is 2.31. The molecule has 4 N–H and O–H groups in total. The number of nitrogens with one attached hydrogen (secondary N) is 1. The number of rotatable bonds is 4. The molecule has 1 saturated heterocycles. The summed E-state index contributed by atoms with van der Waals surface area (Å²) >= 11 is 1.86. The van der Waals surface area contributed by atoms with E-state index in [-0.39, 0.29) is 16.9 Å². The summed E-state index contributed by atoms with van der Waals surface area (Å²) in [5.41, 5.74) is 5.53. The number of thioether (sulfide) groups is 1. The van der Waals surface area contributed by atoms with Crippen molar-refractivity contribution in [3.8, 4) is 0 Å². The van der Waals surface area contributed by atoms with Crippen LogP contribution in [-0.4, -0.2) is 28.6 Å². The molecule has 2 rings (SSSR count). The van der Waals surface area contributed by atoms with Crippen molar-refractivity contribution in [1.82, 2.24) is 0 Å². The normalized spacial score (nSPS) is 18.8. The van der Waals surface area contributed by atoms with E-state index in [1.165, 1.54) is 12.5 Å². The van der Waals surface area contributed by atoms with E-state index in [1.54, 1.807) is 0 Å². The van der Waals surface area contributed by atoms with Crippen LogP contribution in [0.1, 0.15) is 23.2 Å². The van der Waals surface area contributed by atoms with Crippen LogP contribution in [0.2, 0.25) is 0 Å². The molecular formula is C12H15FN2O2S. The quantitative estimate of drug-likeness (QED) is 0.733. The van der Waals surface area contributed by atoms with Crippen LogP contribution >= 0.6 is 11.8 Å². The third-order valence-corrected chi connectivity index (χ3v) is 4.31. The van der Waals surface area contributed by atoms with Crippen molar-refractivity contribution < 1.29 is 14.3 Å². The minimum absolute atomic E-state index is 0.0548. The van der Waals surface area contributed by atoms with Crippen molar-refractivity contribution in [2.24, 2.45) is 0 Å². The standard InChI is InChI=1S/C12H15FN2O2S/c13-9-5-10(14)8(12(16)17)4-11(9)15-6-7-2-1-3-18-7/h4-5,7,15H,1-3,6,14H2,(H,16,17). The number of carbonyl (C=O) groups is 1. The Balaban J connectivity index is 2.11. The summed E-state index contributed by atoms with van der Waals surface area (Å²) in [5.74, 6) is -0.525. The highest BCUT2D eigenvalue weighted by Gasteiger charge is 2.17. The molecule has 1 unspecified atom stereocenters. The summed E-state index contributed by atoms with van der Waals surface area (Å²) in [7, 11) is 0. The van der Waals surface area contributed by atoms with Gasteiger partial charge in [-0.1, -0.05) is 0 Å². The number of carboxylic acid groups (broad SMARTS) is 1. The first-order valence-corrected chi connectivity index (χ1v) is 6.80.